The Bertz CT molecular complexity index is 939. The average molecular weight is 463 g/mol. The standard InChI is InChI=1S/C18H20Cl2N2O4S2/c19-13-5-9-15(10-6-13)27(23,24)21-17-3-1-2-4-18(17)22-28(25,26)16-11-7-14(20)8-12-16/h5-12,17-18,21-22H,1-4H2/t17-,18-/m0/s1. The summed E-state index contributed by atoms with van der Waals surface area (Å²) in [6, 6.07) is 10.6. The van der Waals surface area contributed by atoms with Crippen molar-refractivity contribution in [2.75, 3.05) is 0 Å². The lowest BCUT2D eigenvalue weighted by Gasteiger charge is -2.32. The van der Waals surface area contributed by atoms with E-state index in [-0.39, 0.29) is 9.79 Å². The summed E-state index contributed by atoms with van der Waals surface area (Å²) in [4.78, 5) is 0.170. The van der Waals surface area contributed by atoms with Gasteiger partial charge in [-0.2, -0.15) is 0 Å². The molecular weight excluding hydrogens is 443 g/mol. The molecule has 0 radical (unpaired) electrons. The Labute approximate surface area is 175 Å². The number of benzene rings is 2. The Balaban J connectivity index is 1.78. The molecule has 2 aromatic rings. The summed E-state index contributed by atoms with van der Waals surface area (Å²) in [5, 5.41) is 0.871. The molecule has 0 aromatic heterocycles. The third kappa shape index (κ3) is 5.25. The van der Waals surface area contributed by atoms with Crippen LogP contribution in [-0.2, 0) is 20.0 Å². The van der Waals surface area contributed by atoms with Gasteiger partial charge in [-0.05, 0) is 61.4 Å². The van der Waals surface area contributed by atoms with Crippen molar-refractivity contribution >= 4 is 43.2 Å². The van der Waals surface area contributed by atoms with Crippen molar-refractivity contribution in [1.29, 1.82) is 0 Å². The summed E-state index contributed by atoms with van der Waals surface area (Å²) >= 11 is 11.6. The number of hydrogen-bond acceptors (Lipinski definition) is 4. The molecule has 28 heavy (non-hydrogen) atoms. The molecule has 2 atom stereocenters. The molecule has 0 amide bonds. The lowest BCUT2D eigenvalue weighted by atomic mass is 9.92. The molecule has 1 saturated carbocycles. The molecule has 2 aromatic carbocycles. The highest BCUT2D eigenvalue weighted by Gasteiger charge is 2.32. The summed E-state index contributed by atoms with van der Waals surface area (Å²) in [5.41, 5.74) is 0. The molecule has 1 aliphatic carbocycles. The van der Waals surface area contributed by atoms with E-state index in [1.807, 2.05) is 0 Å². The van der Waals surface area contributed by atoms with E-state index in [0.717, 1.165) is 12.8 Å². The summed E-state index contributed by atoms with van der Waals surface area (Å²) < 4.78 is 56.0. The number of nitrogens with one attached hydrogen (secondary N) is 2. The van der Waals surface area contributed by atoms with Crippen molar-refractivity contribution in [3.63, 3.8) is 0 Å². The monoisotopic (exact) mass is 462 g/mol. The van der Waals surface area contributed by atoms with Gasteiger partial charge in [-0.15, -0.1) is 0 Å². The zero-order chi connectivity index (χ0) is 20.4. The normalized spacial score (nSPS) is 20.8. The van der Waals surface area contributed by atoms with Gasteiger partial charge < -0.3 is 0 Å². The fourth-order valence-corrected chi connectivity index (χ4v) is 6.05. The van der Waals surface area contributed by atoms with Crippen molar-refractivity contribution in [3.8, 4) is 0 Å². The van der Waals surface area contributed by atoms with Crippen LogP contribution >= 0.6 is 23.2 Å². The Morgan fingerprint density at radius 3 is 1.29 bits per heavy atom. The molecule has 152 valence electrons. The van der Waals surface area contributed by atoms with Crippen LogP contribution in [0.15, 0.2) is 58.3 Å². The first-order valence-corrected chi connectivity index (χ1v) is 12.5. The first-order valence-electron chi connectivity index (χ1n) is 8.73. The van der Waals surface area contributed by atoms with E-state index >= 15 is 0 Å². The van der Waals surface area contributed by atoms with E-state index < -0.39 is 32.1 Å². The topological polar surface area (TPSA) is 92.3 Å². The van der Waals surface area contributed by atoms with Crippen LogP contribution in [0.4, 0.5) is 0 Å². The Morgan fingerprint density at radius 2 is 0.964 bits per heavy atom. The van der Waals surface area contributed by atoms with E-state index in [4.69, 9.17) is 23.2 Å². The second-order valence-electron chi connectivity index (χ2n) is 6.65. The van der Waals surface area contributed by atoms with Gasteiger partial charge in [0.05, 0.1) is 9.79 Å². The molecule has 0 aliphatic heterocycles. The summed E-state index contributed by atoms with van der Waals surface area (Å²) in [5.74, 6) is 0. The first-order chi connectivity index (χ1) is 13.2. The van der Waals surface area contributed by atoms with Crippen molar-refractivity contribution in [2.45, 2.75) is 47.6 Å². The zero-order valence-electron chi connectivity index (χ0n) is 14.8. The van der Waals surface area contributed by atoms with Crippen LogP contribution in [0, 0.1) is 0 Å². The van der Waals surface area contributed by atoms with E-state index in [9.17, 15) is 16.8 Å². The molecule has 10 heteroatoms. The molecule has 0 unspecified atom stereocenters. The van der Waals surface area contributed by atoms with Crippen LogP contribution in [0.3, 0.4) is 0 Å². The Hall–Kier alpha value is -1.16. The average Bonchev–Trinajstić information content (AvgIpc) is 2.64. The van der Waals surface area contributed by atoms with Crippen LogP contribution in [0.25, 0.3) is 0 Å². The minimum atomic E-state index is -3.80. The Kier molecular flexibility index (Phi) is 6.69. The highest BCUT2D eigenvalue weighted by Crippen LogP contribution is 2.24. The third-order valence-electron chi connectivity index (χ3n) is 4.63. The van der Waals surface area contributed by atoms with Crippen LogP contribution in [-0.4, -0.2) is 28.9 Å². The van der Waals surface area contributed by atoms with Crippen LogP contribution in [0.1, 0.15) is 25.7 Å². The van der Waals surface area contributed by atoms with E-state index in [1.54, 1.807) is 0 Å². The molecule has 3 rings (SSSR count). The summed E-state index contributed by atoms with van der Waals surface area (Å²) in [6.07, 6.45) is 2.71. The number of halogens is 2. The van der Waals surface area contributed by atoms with Crippen molar-refractivity contribution in [1.82, 2.24) is 9.44 Å². The van der Waals surface area contributed by atoms with Gasteiger partial charge >= 0.3 is 0 Å². The molecule has 2 N–H and O–H groups in total. The van der Waals surface area contributed by atoms with Gasteiger partial charge in [0.1, 0.15) is 0 Å². The van der Waals surface area contributed by atoms with Gasteiger partial charge in [0.2, 0.25) is 20.0 Å². The smallest absolute Gasteiger partial charge is 0.207 e. The first kappa shape index (κ1) is 21.5. The molecule has 0 spiro atoms. The van der Waals surface area contributed by atoms with Crippen molar-refractivity contribution in [3.05, 3.63) is 58.6 Å². The fourth-order valence-electron chi connectivity index (χ4n) is 3.18. The zero-order valence-corrected chi connectivity index (χ0v) is 18.0. The van der Waals surface area contributed by atoms with Crippen molar-refractivity contribution in [2.24, 2.45) is 0 Å². The fraction of sp³-hybridized carbons (Fsp3) is 0.333. The number of sulfonamides is 2. The van der Waals surface area contributed by atoms with E-state index in [0.29, 0.717) is 22.9 Å². The summed E-state index contributed by atoms with van der Waals surface area (Å²) in [7, 11) is -7.59. The molecule has 0 bridgehead atoms. The minimum absolute atomic E-state index is 0.0850. The predicted molar refractivity (Wildman–Crippen MR) is 110 cm³/mol. The van der Waals surface area contributed by atoms with Gasteiger partial charge in [0.25, 0.3) is 0 Å². The number of hydrogen-bond donors (Lipinski definition) is 2. The maximum absolute atomic E-state index is 12.7. The van der Waals surface area contributed by atoms with Crippen LogP contribution < -0.4 is 9.44 Å². The van der Waals surface area contributed by atoms with Crippen LogP contribution in [0.2, 0.25) is 10.0 Å². The van der Waals surface area contributed by atoms with Crippen LogP contribution in [0.5, 0.6) is 0 Å². The second kappa shape index (κ2) is 8.69. The molecule has 1 fully saturated rings. The summed E-state index contributed by atoms with van der Waals surface area (Å²) in [6.45, 7) is 0. The maximum atomic E-state index is 12.7. The quantitative estimate of drug-likeness (QED) is 0.685. The molecule has 0 heterocycles. The van der Waals surface area contributed by atoms with E-state index in [2.05, 4.69) is 9.44 Å². The molecule has 0 saturated heterocycles. The molecule has 6 nitrogen and oxygen atoms in total. The lowest BCUT2D eigenvalue weighted by Crippen LogP contribution is -2.52. The lowest BCUT2D eigenvalue weighted by molar-refractivity contribution is 0.340. The van der Waals surface area contributed by atoms with Gasteiger partial charge in [-0.1, -0.05) is 36.0 Å². The second-order valence-corrected chi connectivity index (χ2v) is 10.9. The Morgan fingerprint density at radius 1 is 0.643 bits per heavy atom. The van der Waals surface area contributed by atoms with Crippen molar-refractivity contribution < 1.29 is 16.8 Å². The number of rotatable bonds is 6. The molecular formula is C18H20Cl2N2O4S2. The predicted octanol–water partition coefficient (Wildman–Crippen LogP) is 3.56. The van der Waals surface area contributed by atoms with Gasteiger partial charge in [-0.3, -0.25) is 0 Å². The largest absolute Gasteiger partial charge is 0.240 e. The highest BCUT2D eigenvalue weighted by atomic mass is 35.5. The van der Waals surface area contributed by atoms with E-state index in [1.165, 1.54) is 48.5 Å². The highest BCUT2D eigenvalue weighted by molar-refractivity contribution is 7.90. The van der Waals surface area contributed by atoms with Gasteiger partial charge in [-0.25, -0.2) is 26.3 Å². The SMILES string of the molecule is O=S(=O)(N[C@H]1CCCC[C@@H]1NS(=O)(=O)c1ccc(Cl)cc1)c1ccc(Cl)cc1. The third-order valence-corrected chi connectivity index (χ3v) is 8.14. The molecule has 1 aliphatic rings. The maximum Gasteiger partial charge on any atom is 0.240 e. The minimum Gasteiger partial charge on any atom is -0.207 e. The van der Waals surface area contributed by atoms with Gasteiger partial charge in [0.15, 0.2) is 0 Å². The van der Waals surface area contributed by atoms with Gasteiger partial charge in [0, 0.05) is 22.1 Å².